The molecule has 6 nitrogen and oxygen atoms in total. The minimum Gasteiger partial charge on any atom is -0.493 e. The number of fused-ring (bicyclic) bond motifs is 2. The first kappa shape index (κ1) is 18.5. The first-order valence-corrected chi connectivity index (χ1v) is 8.74. The Morgan fingerprint density at radius 3 is 2.82 bits per heavy atom. The topological polar surface area (TPSA) is 83.0 Å². The number of nitrogens with zero attached hydrogens (tertiary/aromatic N) is 3. The Bertz CT molecular complexity index is 1110. The van der Waals surface area contributed by atoms with E-state index in [-0.39, 0.29) is 29.0 Å². The number of aryl methyl sites for hydroxylation is 1. The number of alkyl halides is 3. The van der Waals surface area contributed by atoms with E-state index in [1.807, 2.05) is 0 Å². The van der Waals surface area contributed by atoms with Gasteiger partial charge in [0.2, 0.25) is 0 Å². The molecule has 3 heterocycles. The summed E-state index contributed by atoms with van der Waals surface area (Å²) in [7, 11) is 0. The zero-order valence-electron chi connectivity index (χ0n) is 14.5. The number of nitrogen functional groups attached to an aromatic ring is 1. The van der Waals surface area contributed by atoms with Crippen LogP contribution in [0.4, 0.5) is 19.0 Å². The third kappa shape index (κ3) is 2.95. The van der Waals surface area contributed by atoms with E-state index in [4.69, 9.17) is 22.1 Å². The Labute approximate surface area is 162 Å². The lowest BCUT2D eigenvalue weighted by atomic mass is 9.92. The van der Waals surface area contributed by atoms with Crippen LogP contribution in [0.1, 0.15) is 34.0 Å². The molecule has 1 atom stereocenters. The molecule has 0 spiro atoms. The average molecular weight is 411 g/mol. The van der Waals surface area contributed by atoms with Crippen molar-refractivity contribution in [2.75, 3.05) is 12.3 Å². The van der Waals surface area contributed by atoms with Gasteiger partial charge in [-0.15, -0.1) is 5.10 Å². The van der Waals surface area contributed by atoms with E-state index in [0.717, 1.165) is 10.7 Å². The van der Waals surface area contributed by atoms with Gasteiger partial charge in [0.25, 0.3) is 5.91 Å². The molecule has 4 rings (SSSR count). The maximum Gasteiger partial charge on any atom is 0.433 e. The van der Waals surface area contributed by atoms with Crippen molar-refractivity contribution < 1.29 is 22.7 Å². The highest BCUT2D eigenvalue weighted by Gasteiger charge is 2.36. The van der Waals surface area contributed by atoms with Crippen molar-refractivity contribution in [3.63, 3.8) is 0 Å². The van der Waals surface area contributed by atoms with Gasteiger partial charge in [-0.1, -0.05) is 11.6 Å². The zero-order valence-corrected chi connectivity index (χ0v) is 15.3. The fraction of sp³-hybridized carbons (Fsp3) is 0.278. The largest absolute Gasteiger partial charge is 0.493 e. The van der Waals surface area contributed by atoms with Crippen molar-refractivity contribution in [1.82, 2.24) is 14.8 Å². The van der Waals surface area contributed by atoms with Gasteiger partial charge in [0, 0.05) is 10.6 Å². The molecular formula is C18H14ClF3N4O2. The molecule has 2 N–H and O–H groups in total. The second kappa shape index (κ2) is 6.37. The molecule has 10 heteroatoms. The molecule has 1 aromatic carbocycles. The van der Waals surface area contributed by atoms with E-state index in [0.29, 0.717) is 22.8 Å². The average Bonchev–Trinajstić information content (AvgIpc) is 2.97. The van der Waals surface area contributed by atoms with Crippen LogP contribution in [0.2, 0.25) is 5.02 Å². The van der Waals surface area contributed by atoms with Crippen molar-refractivity contribution in [1.29, 1.82) is 0 Å². The van der Waals surface area contributed by atoms with Crippen LogP contribution in [0.15, 0.2) is 24.3 Å². The minimum atomic E-state index is -4.66. The monoisotopic (exact) mass is 410 g/mol. The van der Waals surface area contributed by atoms with Crippen molar-refractivity contribution in [3.8, 4) is 5.75 Å². The number of ether oxygens (including phenoxy) is 1. The van der Waals surface area contributed by atoms with Crippen LogP contribution in [0.3, 0.4) is 0 Å². The second-order valence-electron chi connectivity index (χ2n) is 6.53. The van der Waals surface area contributed by atoms with E-state index < -0.39 is 23.7 Å². The van der Waals surface area contributed by atoms with Crippen molar-refractivity contribution >= 4 is 34.4 Å². The summed E-state index contributed by atoms with van der Waals surface area (Å²) in [6, 6.07) is 5.78. The fourth-order valence-corrected chi connectivity index (χ4v) is 3.58. The van der Waals surface area contributed by atoms with Crippen LogP contribution in [-0.2, 0) is 6.18 Å². The van der Waals surface area contributed by atoms with Gasteiger partial charge in [0.1, 0.15) is 11.4 Å². The molecule has 2 aromatic heterocycles. The molecule has 0 bridgehead atoms. The SMILES string of the molecule is Cc1cc(C(F)(F)F)nc2c1c(N)nn2C(=O)C1CCOc2ccc(Cl)cc21. The Morgan fingerprint density at radius 2 is 2.11 bits per heavy atom. The molecule has 0 fully saturated rings. The molecular weight excluding hydrogens is 397 g/mol. The molecule has 3 aromatic rings. The van der Waals surface area contributed by atoms with Crippen LogP contribution in [0.5, 0.6) is 5.75 Å². The summed E-state index contributed by atoms with van der Waals surface area (Å²) in [5.74, 6) is -0.791. The summed E-state index contributed by atoms with van der Waals surface area (Å²) in [5.41, 5.74) is 5.34. The van der Waals surface area contributed by atoms with Gasteiger partial charge < -0.3 is 10.5 Å². The number of benzene rings is 1. The number of carbonyl (C=O) groups excluding carboxylic acids is 1. The Hall–Kier alpha value is -2.81. The van der Waals surface area contributed by atoms with Crippen molar-refractivity contribution in [2.24, 2.45) is 0 Å². The Kier molecular flexibility index (Phi) is 4.22. The predicted molar refractivity (Wildman–Crippen MR) is 96.6 cm³/mol. The number of halogens is 4. The molecule has 1 aliphatic rings. The van der Waals surface area contributed by atoms with E-state index in [1.165, 1.54) is 6.92 Å². The summed E-state index contributed by atoms with van der Waals surface area (Å²) in [4.78, 5) is 16.8. The maximum absolute atomic E-state index is 13.2. The van der Waals surface area contributed by atoms with Gasteiger partial charge in [-0.25, -0.2) is 4.98 Å². The summed E-state index contributed by atoms with van der Waals surface area (Å²) in [6.07, 6.45) is -4.34. The predicted octanol–water partition coefficient (Wildman–Crippen LogP) is 4.20. The van der Waals surface area contributed by atoms with Gasteiger partial charge >= 0.3 is 6.18 Å². The third-order valence-corrected chi connectivity index (χ3v) is 4.91. The quantitative estimate of drug-likeness (QED) is 0.650. The number of aromatic nitrogens is 3. The molecule has 28 heavy (non-hydrogen) atoms. The number of hydrogen-bond acceptors (Lipinski definition) is 5. The molecule has 0 aliphatic carbocycles. The van der Waals surface area contributed by atoms with Gasteiger partial charge in [-0.3, -0.25) is 4.79 Å². The van der Waals surface area contributed by atoms with Crippen LogP contribution in [-0.4, -0.2) is 27.3 Å². The van der Waals surface area contributed by atoms with Crippen LogP contribution < -0.4 is 10.5 Å². The van der Waals surface area contributed by atoms with Crippen LogP contribution in [0, 0.1) is 6.92 Å². The third-order valence-electron chi connectivity index (χ3n) is 4.67. The summed E-state index contributed by atoms with van der Waals surface area (Å²) in [5, 5.41) is 4.62. The lowest BCUT2D eigenvalue weighted by Crippen LogP contribution is -2.27. The fourth-order valence-electron chi connectivity index (χ4n) is 3.40. The van der Waals surface area contributed by atoms with Gasteiger partial charge in [0.15, 0.2) is 11.5 Å². The van der Waals surface area contributed by atoms with Gasteiger partial charge in [-0.05, 0) is 43.2 Å². The first-order chi connectivity index (χ1) is 13.2. The molecule has 1 aliphatic heterocycles. The second-order valence-corrected chi connectivity index (χ2v) is 6.96. The molecule has 0 saturated carbocycles. The van der Waals surface area contributed by atoms with Crippen LogP contribution in [0.25, 0.3) is 11.0 Å². The first-order valence-electron chi connectivity index (χ1n) is 8.36. The minimum absolute atomic E-state index is 0.0551. The Morgan fingerprint density at radius 1 is 1.36 bits per heavy atom. The summed E-state index contributed by atoms with van der Waals surface area (Å²) in [6.45, 7) is 1.75. The highest BCUT2D eigenvalue weighted by molar-refractivity contribution is 6.30. The van der Waals surface area contributed by atoms with Crippen molar-refractivity contribution in [3.05, 3.63) is 46.1 Å². The van der Waals surface area contributed by atoms with Gasteiger partial charge in [-0.2, -0.15) is 17.9 Å². The maximum atomic E-state index is 13.2. The normalized spacial score (nSPS) is 16.7. The lowest BCUT2D eigenvalue weighted by Gasteiger charge is -2.25. The Balaban J connectivity index is 1.88. The molecule has 0 radical (unpaired) electrons. The molecule has 1 unspecified atom stereocenters. The number of anilines is 1. The number of carbonyl (C=O) groups is 1. The van der Waals surface area contributed by atoms with E-state index in [1.54, 1.807) is 18.2 Å². The van der Waals surface area contributed by atoms with Crippen molar-refractivity contribution in [2.45, 2.75) is 25.4 Å². The van der Waals surface area contributed by atoms with E-state index in [2.05, 4.69) is 10.1 Å². The van der Waals surface area contributed by atoms with E-state index in [9.17, 15) is 18.0 Å². The summed E-state index contributed by atoms with van der Waals surface area (Å²) < 4.78 is 46.0. The highest BCUT2D eigenvalue weighted by atomic mass is 35.5. The zero-order chi connectivity index (χ0) is 20.2. The number of pyridine rings is 1. The number of rotatable bonds is 1. The summed E-state index contributed by atoms with van der Waals surface area (Å²) >= 11 is 6.04. The van der Waals surface area contributed by atoms with E-state index >= 15 is 0 Å². The van der Waals surface area contributed by atoms with Gasteiger partial charge in [0.05, 0.1) is 17.9 Å². The molecule has 0 amide bonds. The number of nitrogens with two attached hydrogens (primary N) is 1. The standard InChI is InChI=1S/C18H14ClF3N4O2/c1-8-6-13(18(20,21)22)24-16-14(8)15(23)25-26(16)17(27)10-4-5-28-12-3-2-9(19)7-11(10)12/h2-3,6-7,10H,4-5H2,1H3,(H2,23,25). The molecule has 146 valence electrons. The van der Waals surface area contributed by atoms with Crippen LogP contribution >= 0.6 is 11.6 Å². The lowest BCUT2D eigenvalue weighted by molar-refractivity contribution is -0.141. The molecule has 0 saturated heterocycles. The number of hydrogen-bond donors (Lipinski definition) is 1. The smallest absolute Gasteiger partial charge is 0.433 e. The highest BCUT2D eigenvalue weighted by Crippen LogP contribution is 2.38.